The molecule has 0 aliphatic heterocycles. The summed E-state index contributed by atoms with van der Waals surface area (Å²) >= 11 is 0. The molecular formula is C34H44O4. The molecule has 2 atom stereocenters. The van der Waals surface area contributed by atoms with Crippen molar-refractivity contribution in [2.45, 2.75) is 80.4 Å². The minimum atomic E-state index is -0.562. The zero-order chi connectivity index (χ0) is 27.8. The quantitative estimate of drug-likeness (QED) is 0.236. The molecule has 1 aliphatic rings. The lowest BCUT2D eigenvalue weighted by atomic mass is 9.69. The second-order valence-corrected chi connectivity index (χ2v) is 12.1. The van der Waals surface area contributed by atoms with Crippen molar-refractivity contribution in [1.29, 1.82) is 0 Å². The van der Waals surface area contributed by atoms with E-state index in [1.807, 2.05) is 60.7 Å². The van der Waals surface area contributed by atoms with E-state index in [1.54, 1.807) is 0 Å². The summed E-state index contributed by atoms with van der Waals surface area (Å²) in [6, 6.07) is 19.3. The van der Waals surface area contributed by atoms with E-state index in [9.17, 15) is 9.59 Å². The number of benzene rings is 2. The van der Waals surface area contributed by atoms with Gasteiger partial charge >= 0.3 is 11.9 Å². The van der Waals surface area contributed by atoms with Crippen LogP contribution in [0.4, 0.5) is 0 Å². The Morgan fingerprint density at radius 3 is 1.82 bits per heavy atom. The fourth-order valence-electron chi connectivity index (χ4n) is 4.74. The number of ether oxygens (including phenoxy) is 2. The Morgan fingerprint density at radius 2 is 1.32 bits per heavy atom. The summed E-state index contributed by atoms with van der Waals surface area (Å²) in [5, 5.41) is 0. The fourth-order valence-corrected chi connectivity index (χ4v) is 4.74. The molecule has 4 nitrogen and oxygen atoms in total. The Morgan fingerprint density at radius 1 is 0.816 bits per heavy atom. The first-order chi connectivity index (χ1) is 18.0. The summed E-state index contributed by atoms with van der Waals surface area (Å²) in [4.78, 5) is 26.6. The van der Waals surface area contributed by atoms with Gasteiger partial charge in [-0.25, -0.2) is 0 Å². The molecule has 0 saturated carbocycles. The third kappa shape index (κ3) is 8.44. The second kappa shape index (κ2) is 13.1. The summed E-state index contributed by atoms with van der Waals surface area (Å²) in [7, 11) is 0. The average molecular weight is 517 g/mol. The molecule has 0 spiro atoms. The molecule has 0 heterocycles. The van der Waals surface area contributed by atoms with Crippen molar-refractivity contribution in [2.75, 3.05) is 0 Å². The first kappa shape index (κ1) is 29.4. The van der Waals surface area contributed by atoms with Gasteiger partial charge in [0.15, 0.2) is 0 Å². The third-order valence-electron chi connectivity index (χ3n) is 7.87. The van der Waals surface area contributed by atoms with E-state index in [0.29, 0.717) is 12.8 Å². The van der Waals surface area contributed by atoms with Crippen LogP contribution >= 0.6 is 0 Å². The highest BCUT2D eigenvalue weighted by Gasteiger charge is 2.41. The smallest absolute Gasteiger partial charge is 0.310 e. The van der Waals surface area contributed by atoms with Crippen LogP contribution in [0.15, 0.2) is 84.0 Å². The molecule has 38 heavy (non-hydrogen) atoms. The van der Waals surface area contributed by atoms with Crippen LogP contribution in [0.1, 0.15) is 78.4 Å². The van der Waals surface area contributed by atoms with Gasteiger partial charge in [-0.2, -0.15) is 0 Å². The Bertz CT molecular complexity index is 1120. The molecule has 0 aromatic heterocycles. The predicted molar refractivity (Wildman–Crippen MR) is 153 cm³/mol. The van der Waals surface area contributed by atoms with Crippen molar-refractivity contribution in [3.63, 3.8) is 0 Å². The zero-order valence-corrected chi connectivity index (χ0v) is 24.0. The highest BCUT2D eigenvalue weighted by atomic mass is 16.5. The van der Waals surface area contributed by atoms with Gasteiger partial charge in [0.1, 0.15) is 13.2 Å². The number of hydrogen-bond donors (Lipinski definition) is 0. The van der Waals surface area contributed by atoms with Crippen molar-refractivity contribution in [3.8, 4) is 0 Å². The Balaban J connectivity index is 1.73. The maximum atomic E-state index is 13.4. The van der Waals surface area contributed by atoms with Crippen LogP contribution in [-0.4, -0.2) is 11.9 Å². The van der Waals surface area contributed by atoms with Gasteiger partial charge in [0, 0.05) is 0 Å². The molecular weight excluding hydrogens is 472 g/mol. The maximum absolute atomic E-state index is 13.4. The van der Waals surface area contributed by atoms with E-state index in [2.05, 4.69) is 53.7 Å². The maximum Gasteiger partial charge on any atom is 0.310 e. The van der Waals surface area contributed by atoms with Crippen LogP contribution in [0.3, 0.4) is 0 Å². The van der Waals surface area contributed by atoms with Crippen molar-refractivity contribution in [2.24, 2.45) is 22.7 Å². The van der Waals surface area contributed by atoms with E-state index in [4.69, 9.17) is 9.47 Å². The van der Waals surface area contributed by atoms with Crippen molar-refractivity contribution >= 4 is 11.9 Å². The minimum Gasteiger partial charge on any atom is -0.461 e. The van der Waals surface area contributed by atoms with Gasteiger partial charge in [-0.3, -0.25) is 9.59 Å². The van der Waals surface area contributed by atoms with Crippen molar-refractivity contribution < 1.29 is 19.1 Å². The van der Waals surface area contributed by atoms with Gasteiger partial charge in [-0.1, -0.05) is 119 Å². The number of carbonyl (C=O) groups excluding carboxylic acids is 2. The van der Waals surface area contributed by atoms with Crippen LogP contribution in [0, 0.1) is 22.7 Å². The summed E-state index contributed by atoms with van der Waals surface area (Å²) < 4.78 is 11.4. The number of rotatable bonds is 10. The molecule has 0 amide bonds. The molecule has 0 bridgehead atoms. The SMILES string of the molecule is C/C(=C\CCC(C)(C)C1=CCC(C(=O)OCc2ccccc2)C(C(=O)OCc2ccccc2)C1)C(C)(C)C. The first-order valence-electron chi connectivity index (χ1n) is 13.8. The zero-order valence-electron chi connectivity index (χ0n) is 24.0. The lowest BCUT2D eigenvalue weighted by Crippen LogP contribution is -2.36. The Hall–Kier alpha value is -3.14. The van der Waals surface area contributed by atoms with Crippen LogP contribution < -0.4 is 0 Å². The number of carbonyl (C=O) groups is 2. The number of allylic oxidation sites excluding steroid dienone is 4. The molecule has 0 saturated heterocycles. The Labute approximate surface area is 229 Å². The van der Waals surface area contributed by atoms with E-state index < -0.39 is 11.8 Å². The van der Waals surface area contributed by atoms with Crippen LogP contribution in [0.25, 0.3) is 0 Å². The largest absolute Gasteiger partial charge is 0.461 e. The minimum absolute atomic E-state index is 0.0917. The summed E-state index contributed by atoms with van der Waals surface area (Å²) in [5.74, 6) is -1.79. The lowest BCUT2D eigenvalue weighted by molar-refractivity contribution is -0.162. The highest BCUT2D eigenvalue weighted by Crippen LogP contribution is 2.43. The van der Waals surface area contributed by atoms with Crippen molar-refractivity contribution in [1.82, 2.24) is 0 Å². The van der Waals surface area contributed by atoms with Crippen LogP contribution in [-0.2, 0) is 32.3 Å². The fraction of sp³-hybridized carbons (Fsp3) is 0.471. The van der Waals surface area contributed by atoms with E-state index >= 15 is 0 Å². The van der Waals surface area contributed by atoms with Gasteiger partial charge < -0.3 is 9.47 Å². The van der Waals surface area contributed by atoms with Gasteiger partial charge in [0.25, 0.3) is 0 Å². The number of hydrogen-bond acceptors (Lipinski definition) is 4. The lowest BCUT2D eigenvalue weighted by Gasteiger charge is -2.36. The molecule has 204 valence electrons. The second-order valence-electron chi connectivity index (χ2n) is 12.1. The third-order valence-corrected chi connectivity index (χ3v) is 7.87. The van der Waals surface area contributed by atoms with Gasteiger partial charge in [0.2, 0.25) is 0 Å². The molecule has 2 unspecified atom stereocenters. The molecule has 0 radical (unpaired) electrons. The van der Waals surface area contributed by atoms with Gasteiger partial charge in [0.05, 0.1) is 11.8 Å². The molecule has 4 heteroatoms. The van der Waals surface area contributed by atoms with Crippen LogP contribution in [0.2, 0.25) is 0 Å². The van der Waals surface area contributed by atoms with Crippen LogP contribution in [0.5, 0.6) is 0 Å². The first-order valence-corrected chi connectivity index (χ1v) is 13.8. The average Bonchev–Trinajstić information content (AvgIpc) is 2.90. The molecule has 2 aromatic carbocycles. The normalized spacial score (nSPS) is 18.5. The highest BCUT2D eigenvalue weighted by molar-refractivity contribution is 5.83. The summed E-state index contributed by atoms with van der Waals surface area (Å²) in [6.07, 6.45) is 7.43. The van der Waals surface area contributed by atoms with E-state index in [0.717, 1.165) is 24.0 Å². The molecule has 0 fully saturated rings. The molecule has 2 aromatic rings. The molecule has 1 aliphatic carbocycles. The summed E-state index contributed by atoms with van der Waals surface area (Å²) in [6.45, 7) is 13.8. The molecule has 3 rings (SSSR count). The monoisotopic (exact) mass is 516 g/mol. The van der Waals surface area contributed by atoms with E-state index in [-0.39, 0.29) is 36.0 Å². The van der Waals surface area contributed by atoms with Crippen molar-refractivity contribution in [3.05, 3.63) is 95.1 Å². The Kier molecular flexibility index (Phi) is 10.1. The van der Waals surface area contributed by atoms with E-state index in [1.165, 1.54) is 11.1 Å². The number of esters is 2. The molecule has 0 N–H and O–H groups in total. The van der Waals surface area contributed by atoms with Gasteiger partial charge in [-0.15, -0.1) is 0 Å². The topological polar surface area (TPSA) is 52.6 Å². The standard InChI is InChI=1S/C34H44O4/c1-25(33(2,3)4)14-13-21-34(5,6)28-19-20-29(31(35)37-23-26-15-9-7-10-16-26)30(22-28)32(36)38-24-27-17-11-8-12-18-27/h7-12,14-19,29-30H,13,20-24H2,1-6H3/b25-14+. The summed E-state index contributed by atoms with van der Waals surface area (Å²) in [5.41, 5.74) is 4.52. The predicted octanol–water partition coefficient (Wildman–Crippen LogP) is 8.22. The van der Waals surface area contributed by atoms with Gasteiger partial charge in [-0.05, 0) is 54.6 Å².